The fraction of sp³-hybridized carbons (Fsp3) is 0.529. The normalized spacial score (nSPS) is 24.8. The van der Waals surface area contributed by atoms with Crippen LogP contribution < -0.4 is 4.72 Å². The molecular weight excluding hydrogens is 330 g/mol. The molecule has 0 saturated heterocycles. The second-order valence-corrected chi connectivity index (χ2v) is 8.85. The lowest BCUT2D eigenvalue weighted by atomic mass is 9.53. The maximum Gasteiger partial charge on any atom is 0.264 e. The third-order valence-electron chi connectivity index (χ3n) is 5.31. The van der Waals surface area contributed by atoms with Crippen LogP contribution in [0.4, 0.5) is 0 Å². The van der Waals surface area contributed by atoms with Crippen molar-refractivity contribution >= 4 is 21.7 Å². The van der Waals surface area contributed by atoms with Crippen molar-refractivity contribution < 1.29 is 22.7 Å². The number of ether oxygens (including phenoxy) is 1. The number of ketones is 1. The van der Waals surface area contributed by atoms with Gasteiger partial charge in [0.25, 0.3) is 10.0 Å². The Morgan fingerprint density at radius 2 is 1.83 bits per heavy atom. The first-order valence-electron chi connectivity index (χ1n) is 7.89. The first kappa shape index (κ1) is 17.1. The van der Waals surface area contributed by atoms with Crippen LogP contribution >= 0.6 is 0 Å². The molecule has 0 aromatic heterocycles. The van der Waals surface area contributed by atoms with Crippen LogP contribution in [0.2, 0.25) is 0 Å². The Labute approximate surface area is 141 Å². The number of rotatable bonds is 4. The molecule has 24 heavy (non-hydrogen) atoms. The number of Topliss-reactive ketones (excluding diaryl/α,β-unsaturated/α-hetero) is 1. The van der Waals surface area contributed by atoms with E-state index in [0.717, 1.165) is 11.1 Å². The first-order chi connectivity index (χ1) is 11.1. The summed E-state index contributed by atoms with van der Waals surface area (Å²) in [5.41, 5.74) is 1.26. The lowest BCUT2D eigenvalue weighted by molar-refractivity contribution is -0.147. The van der Waals surface area contributed by atoms with E-state index in [-0.39, 0.29) is 16.6 Å². The van der Waals surface area contributed by atoms with E-state index in [1.54, 1.807) is 12.1 Å². The molecule has 1 aliphatic heterocycles. The fourth-order valence-electron chi connectivity index (χ4n) is 3.64. The average Bonchev–Trinajstić information content (AvgIpc) is 2.92. The topological polar surface area (TPSA) is 89.5 Å². The Kier molecular flexibility index (Phi) is 4.04. The average molecular weight is 351 g/mol. The second-order valence-electron chi connectivity index (χ2n) is 7.17. The minimum atomic E-state index is -3.93. The third kappa shape index (κ3) is 2.75. The molecule has 3 rings (SSSR count). The predicted octanol–water partition coefficient (Wildman–Crippen LogP) is 1.77. The van der Waals surface area contributed by atoms with Gasteiger partial charge in [-0.05, 0) is 42.0 Å². The minimum Gasteiger partial charge on any atom is -0.372 e. The van der Waals surface area contributed by atoms with Crippen molar-refractivity contribution in [2.75, 3.05) is 0 Å². The van der Waals surface area contributed by atoms with Crippen LogP contribution in [-0.4, -0.2) is 20.1 Å². The SMILES string of the molecule is CC(=O)[C@@H]1C[C@H](C(=O)NS(=O)(=O)c2ccc3c(c2)COC3)C1(C)C. The molecule has 1 amide bonds. The zero-order valence-corrected chi connectivity index (χ0v) is 14.8. The van der Waals surface area contributed by atoms with E-state index in [0.29, 0.717) is 19.6 Å². The summed E-state index contributed by atoms with van der Waals surface area (Å²) < 4.78 is 32.4. The van der Waals surface area contributed by atoms with E-state index in [1.165, 1.54) is 13.0 Å². The van der Waals surface area contributed by atoms with Gasteiger partial charge in [0.05, 0.1) is 18.1 Å². The van der Waals surface area contributed by atoms with Gasteiger partial charge in [0.2, 0.25) is 5.91 Å². The predicted molar refractivity (Wildman–Crippen MR) is 86.3 cm³/mol. The van der Waals surface area contributed by atoms with Gasteiger partial charge >= 0.3 is 0 Å². The molecule has 0 bridgehead atoms. The van der Waals surface area contributed by atoms with Gasteiger partial charge in [0, 0.05) is 11.8 Å². The van der Waals surface area contributed by atoms with Gasteiger partial charge in [-0.1, -0.05) is 19.9 Å². The number of carbonyl (C=O) groups is 2. The summed E-state index contributed by atoms with van der Waals surface area (Å²) in [6, 6.07) is 4.73. The smallest absolute Gasteiger partial charge is 0.264 e. The number of amides is 1. The van der Waals surface area contributed by atoms with Gasteiger partial charge in [-0.15, -0.1) is 0 Å². The first-order valence-corrected chi connectivity index (χ1v) is 9.38. The van der Waals surface area contributed by atoms with E-state index in [1.807, 2.05) is 13.8 Å². The molecule has 1 fully saturated rings. The maximum absolute atomic E-state index is 12.5. The highest BCUT2D eigenvalue weighted by atomic mass is 32.2. The van der Waals surface area contributed by atoms with Crippen molar-refractivity contribution in [3.05, 3.63) is 29.3 Å². The molecule has 7 heteroatoms. The molecule has 1 heterocycles. The molecule has 130 valence electrons. The van der Waals surface area contributed by atoms with Crippen LogP contribution in [0.3, 0.4) is 0 Å². The lowest BCUT2D eigenvalue weighted by Crippen LogP contribution is -2.55. The summed E-state index contributed by atoms with van der Waals surface area (Å²) in [5.74, 6) is -1.20. The van der Waals surface area contributed by atoms with Crippen LogP contribution in [0, 0.1) is 17.3 Å². The second kappa shape index (κ2) is 5.67. The Bertz CT molecular complexity index is 812. The monoisotopic (exact) mass is 351 g/mol. The van der Waals surface area contributed by atoms with Crippen molar-refractivity contribution in [2.24, 2.45) is 17.3 Å². The van der Waals surface area contributed by atoms with E-state index in [4.69, 9.17) is 4.74 Å². The highest BCUT2D eigenvalue weighted by Gasteiger charge is 2.54. The van der Waals surface area contributed by atoms with E-state index < -0.39 is 27.3 Å². The Hall–Kier alpha value is -1.73. The van der Waals surface area contributed by atoms with E-state index >= 15 is 0 Å². The van der Waals surface area contributed by atoms with E-state index in [2.05, 4.69) is 4.72 Å². The van der Waals surface area contributed by atoms with Crippen molar-refractivity contribution in [3.63, 3.8) is 0 Å². The molecule has 2 atom stereocenters. The molecule has 0 spiro atoms. The van der Waals surface area contributed by atoms with Crippen molar-refractivity contribution in [1.82, 2.24) is 4.72 Å². The van der Waals surface area contributed by atoms with Gasteiger partial charge in [0.1, 0.15) is 5.78 Å². The third-order valence-corrected chi connectivity index (χ3v) is 6.66. The van der Waals surface area contributed by atoms with Crippen molar-refractivity contribution in [1.29, 1.82) is 0 Å². The Morgan fingerprint density at radius 3 is 2.46 bits per heavy atom. The molecular formula is C17H21NO5S. The lowest BCUT2D eigenvalue weighted by Gasteiger charge is -2.49. The number of benzene rings is 1. The number of hydrogen-bond donors (Lipinski definition) is 1. The van der Waals surface area contributed by atoms with Gasteiger partial charge < -0.3 is 4.74 Å². The molecule has 0 unspecified atom stereocenters. The molecule has 0 radical (unpaired) electrons. The largest absolute Gasteiger partial charge is 0.372 e. The summed E-state index contributed by atoms with van der Waals surface area (Å²) in [7, 11) is -3.93. The molecule has 1 aliphatic carbocycles. The summed E-state index contributed by atoms with van der Waals surface area (Å²) >= 11 is 0. The molecule has 1 saturated carbocycles. The highest BCUT2D eigenvalue weighted by molar-refractivity contribution is 7.90. The van der Waals surface area contributed by atoms with Gasteiger partial charge in [0.15, 0.2) is 0 Å². The summed E-state index contributed by atoms with van der Waals surface area (Å²) in [6.07, 6.45) is 0.391. The number of hydrogen-bond acceptors (Lipinski definition) is 5. The van der Waals surface area contributed by atoms with Crippen LogP contribution in [-0.2, 0) is 37.6 Å². The molecule has 2 aliphatic rings. The standard InChI is InChI=1S/C17H21NO5S/c1-10(19)14-7-15(17(14,2)3)16(20)18-24(21,22)13-5-4-11-8-23-9-12(11)6-13/h4-6,14-15H,7-9H2,1-3H3,(H,18,20)/t14-,15+/m0/s1. The van der Waals surface area contributed by atoms with E-state index in [9.17, 15) is 18.0 Å². The number of fused-ring (bicyclic) bond motifs is 1. The number of nitrogens with one attached hydrogen (secondary N) is 1. The van der Waals surface area contributed by atoms with Gasteiger partial charge in [-0.2, -0.15) is 0 Å². The van der Waals surface area contributed by atoms with Crippen LogP contribution in [0.25, 0.3) is 0 Å². The number of sulfonamides is 1. The van der Waals surface area contributed by atoms with Crippen LogP contribution in [0.1, 0.15) is 38.3 Å². The summed E-state index contributed by atoms with van der Waals surface area (Å²) in [4.78, 5) is 24.0. The molecule has 6 nitrogen and oxygen atoms in total. The van der Waals surface area contributed by atoms with Crippen LogP contribution in [0.5, 0.6) is 0 Å². The Balaban J connectivity index is 1.76. The Morgan fingerprint density at radius 1 is 1.17 bits per heavy atom. The number of carbonyl (C=O) groups excluding carboxylic acids is 2. The van der Waals surface area contributed by atoms with Crippen molar-refractivity contribution in [2.45, 2.75) is 45.3 Å². The molecule has 1 N–H and O–H groups in total. The quantitative estimate of drug-likeness (QED) is 0.893. The summed E-state index contributed by atoms with van der Waals surface area (Å²) in [6.45, 7) is 6.01. The maximum atomic E-state index is 12.5. The zero-order chi connectivity index (χ0) is 17.7. The van der Waals surface area contributed by atoms with Crippen LogP contribution in [0.15, 0.2) is 23.1 Å². The van der Waals surface area contributed by atoms with Gasteiger partial charge in [-0.25, -0.2) is 13.1 Å². The van der Waals surface area contributed by atoms with Gasteiger partial charge in [-0.3, -0.25) is 9.59 Å². The van der Waals surface area contributed by atoms with Crippen molar-refractivity contribution in [3.8, 4) is 0 Å². The molecule has 1 aromatic rings. The minimum absolute atomic E-state index is 0.0329. The zero-order valence-electron chi connectivity index (χ0n) is 14.0. The summed E-state index contributed by atoms with van der Waals surface area (Å²) in [5, 5.41) is 0. The molecule has 1 aromatic carbocycles. The fourth-order valence-corrected chi connectivity index (χ4v) is 4.71. The highest BCUT2D eigenvalue weighted by Crippen LogP contribution is 2.51.